The summed E-state index contributed by atoms with van der Waals surface area (Å²) >= 11 is 0. The summed E-state index contributed by atoms with van der Waals surface area (Å²) in [6.45, 7) is 15.8. The molecule has 4 rings (SSSR count). The van der Waals surface area contributed by atoms with Gasteiger partial charge in [-0.15, -0.1) is 0 Å². The van der Waals surface area contributed by atoms with Crippen LogP contribution in [0, 0.1) is 46.3 Å². The van der Waals surface area contributed by atoms with Gasteiger partial charge in [0.2, 0.25) is 0 Å². The molecular weight excluding hydrogens is 384 g/mol. The van der Waals surface area contributed by atoms with Crippen LogP contribution in [0.25, 0.3) is 0 Å². The lowest BCUT2D eigenvalue weighted by Gasteiger charge is -2.59. The largest absolute Gasteiger partial charge is 0.393 e. The van der Waals surface area contributed by atoms with Crippen LogP contribution in [-0.2, 0) is 0 Å². The maximum atomic E-state index is 11.3. The fraction of sp³-hybridized carbons (Fsp3) is 0.857. The van der Waals surface area contributed by atoms with Crippen LogP contribution in [0.4, 0.5) is 0 Å². The zero-order valence-electron chi connectivity index (χ0n) is 20.5. The molecule has 3 saturated carbocycles. The van der Waals surface area contributed by atoms with Gasteiger partial charge in [-0.1, -0.05) is 58.4 Å². The minimum Gasteiger partial charge on any atom is -0.393 e. The fourth-order valence-electron chi connectivity index (χ4n) is 8.60. The van der Waals surface area contributed by atoms with Crippen molar-refractivity contribution in [2.24, 2.45) is 46.3 Å². The molecule has 0 radical (unpaired) electrons. The number of hydrogen-bond acceptors (Lipinski definition) is 3. The molecule has 4 aliphatic rings. The Labute approximate surface area is 190 Å². The van der Waals surface area contributed by atoms with Crippen LogP contribution in [-0.4, -0.2) is 33.6 Å². The minimum absolute atomic E-state index is 0.0933. The molecule has 0 aromatic rings. The maximum absolute atomic E-state index is 11.3. The highest BCUT2D eigenvalue weighted by atomic mass is 16.3. The summed E-state index contributed by atoms with van der Waals surface area (Å²) in [7, 11) is 0. The first-order chi connectivity index (χ1) is 14.5. The first-order valence-corrected chi connectivity index (χ1v) is 12.9. The zero-order valence-corrected chi connectivity index (χ0v) is 20.5. The molecule has 4 unspecified atom stereocenters. The monoisotopic (exact) mass is 430 g/mol. The Balaban J connectivity index is 1.58. The van der Waals surface area contributed by atoms with Crippen LogP contribution < -0.4 is 0 Å². The second kappa shape index (κ2) is 8.29. The second-order valence-corrected chi connectivity index (χ2v) is 12.5. The molecule has 10 atom stereocenters. The summed E-state index contributed by atoms with van der Waals surface area (Å²) in [5.74, 6) is 2.36. The van der Waals surface area contributed by atoms with Crippen molar-refractivity contribution in [1.82, 2.24) is 0 Å². The number of rotatable bonds is 5. The van der Waals surface area contributed by atoms with Crippen molar-refractivity contribution in [2.75, 3.05) is 0 Å². The highest BCUT2D eigenvalue weighted by molar-refractivity contribution is 5.28. The Morgan fingerprint density at radius 1 is 1.10 bits per heavy atom. The van der Waals surface area contributed by atoms with E-state index in [1.54, 1.807) is 0 Å². The third kappa shape index (κ3) is 3.77. The quantitative estimate of drug-likeness (QED) is 0.505. The lowest BCUT2D eigenvalue weighted by Crippen LogP contribution is -2.55. The van der Waals surface area contributed by atoms with E-state index in [0.717, 1.165) is 51.4 Å². The van der Waals surface area contributed by atoms with Gasteiger partial charge in [-0.3, -0.25) is 0 Å². The van der Waals surface area contributed by atoms with Gasteiger partial charge in [0.1, 0.15) is 0 Å². The molecule has 3 nitrogen and oxygen atoms in total. The Bertz CT molecular complexity index is 726. The van der Waals surface area contributed by atoms with Crippen molar-refractivity contribution in [3.8, 4) is 0 Å². The van der Waals surface area contributed by atoms with E-state index in [1.165, 1.54) is 11.1 Å². The SMILES string of the molecule is C=C(CCC(C)[C@H]1C(O)C[C@H]2[C@@H]3C(O)C=C4CC(O)CC[C@]4(C)[C@H]3CC[C@]12C)C(C)C. The smallest absolute Gasteiger partial charge is 0.0757 e. The number of hydrogen-bond donors (Lipinski definition) is 3. The molecule has 4 aliphatic carbocycles. The molecule has 0 saturated heterocycles. The number of aliphatic hydroxyl groups excluding tert-OH is 3. The van der Waals surface area contributed by atoms with Gasteiger partial charge >= 0.3 is 0 Å². The maximum Gasteiger partial charge on any atom is 0.0757 e. The van der Waals surface area contributed by atoms with Gasteiger partial charge in [0.25, 0.3) is 0 Å². The summed E-state index contributed by atoms with van der Waals surface area (Å²) in [6.07, 6.45) is 9.01. The van der Waals surface area contributed by atoms with Gasteiger partial charge in [0, 0.05) is 0 Å². The van der Waals surface area contributed by atoms with E-state index in [9.17, 15) is 15.3 Å². The van der Waals surface area contributed by atoms with Gasteiger partial charge in [0.15, 0.2) is 0 Å². The lowest BCUT2D eigenvalue weighted by molar-refractivity contribution is -0.0987. The highest BCUT2D eigenvalue weighted by Gasteiger charge is 2.63. The van der Waals surface area contributed by atoms with Crippen LogP contribution in [0.3, 0.4) is 0 Å². The van der Waals surface area contributed by atoms with Crippen molar-refractivity contribution < 1.29 is 15.3 Å². The predicted molar refractivity (Wildman–Crippen MR) is 126 cm³/mol. The third-order valence-corrected chi connectivity index (χ3v) is 10.6. The first kappa shape index (κ1) is 23.5. The summed E-state index contributed by atoms with van der Waals surface area (Å²) in [4.78, 5) is 0. The van der Waals surface area contributed by atoms with Crippen LogP contribution >= 0.6 is 0 Å². The van der Waals surface area contributed by atoms with Crippen LogP contribution in [0.2, 0.25) is 0 Å². The van der Waals surface area contributed by atoms with Crippen molar-refractivity contribution in [2.45, 2.75) is 104 Å². The van der Waals surface area contributed by atoms with Gasteiger partial charge in [-0.05, 0) is 97.7 Å². The Morgan fingerprint density at radius 2 is 1.81 bits per heavy atom. The van der Waals surface area contributed by atoms with Crippen molar-refractivity contribution in [1.29, 1.82) is 0 Å². The van der Waals surface area contributed by atoms with E-state index in [0.29, 0.717) is 29.6 Å². The van der Waals surface area contributed by atoms with E-state index in [-0.39, 0.29) is 29.0 Å². The Hall–Kier alpha value is -0.640. The molecule has 0 aliphatic heterocycles. The molecule has 0 amide bonds. The summed E-state index contributed by atoms with van der Waals surface area (Å²) in [6, 6.07) is 0. The number of aliphatic hydroxyl groups is 3. The normalized spacial score (nSPS) is 47.9. The molecule has 3 heteroatoms. The van der Waals surface area contributed by atoms with Crippen LogP contribution in [0.5, 0.6) is 0 Å². The van der Waals surface area contributed by atoms with Crippen molar-refractivity contribution in [3.63, 3.8) is 0 Å². The minimum atomic E-state index is -0.440. The standard InChI is InChI=1S/C28H46O3/c1-16(2)17(3)7-8-18(4)26-24(31)15-22-25-21(10-12-28(22,26)6)27(5)11-9-20(29)13-19(27)14-23(25)30/h14,16,18,20-26,29-31H,3,7-13,15H2,1-2,4-6H3/t18?,20?,21-,22-,23?,24?,25+,26-,27-,28-/m0/s1. The topological polar surface area (TPSA) is 60.7 Å². The lowest BCUT2D eigenvalue weighted by atomic mass is 9.46. The molecule has 3 fully saturated rings. The molecule has 0 aromatic carbocycles. The number of fused-ring (bicyclic) bond motifs is 5. The summed E-state index contributed by atoms with van der Waals surface area (Å²) < 4.78 is 0. The van der Waals surface area contributed by atoms with E-state index in [4.69, 9.17) is 0 Å². The van der Waals surface area contributed by atoms with Crippen LogP contribution in [0.15, 0.2) is 23.8 Å². The second-order valence-electron chi connectivity index (χ2n) is 12.5. The zero-order chi connectivity index (χ0) is 22.7. The van der Waals surface area contributed by atoms with Crippen LogP contribution in [0.1, 0.15) is 86.0 Å². The van der Waals surface area contributed by atoms with Gasteiger partial charge < -0.3 is 15.3 Å². The first-order valence-electron chi connectivity index (χ1n) is 12.9. The third-order valence-electron chi connectivity index (χ3n) is 10.6. The fourth-order valence-corrected chi connectivity index (χ4v) is 8.60. The predicted octanol–water partition coefficient (Wildman–Crippen LogP) is 5.50. The molecule has 176 valence electrons. The molecule has 0 heterocycles. The summed E-state index contributed by atoms with van der Waals surface area (Å²) in [5, 5.41) is 32.8. The van der Waals surface area contributed by atoms with Gasteiger partial charge in [0.05, 0.1) is 18.3 Å². The van der Waals surface area contributed by atoms with Gasteiger partial charge in [-0.2, -0.15) is 0 Å². The molecule has 0 aromatic heterocycles. The van der Waals surface area contributed by atoms with Gasteiger partial charge in [-0.25, -0.2) is 0 Å². The number of allylic oxidation sites excluding steroid dienone is 1. The van der Waals surface area contributed by atoms with Crippen molar-refractivity contribution >= 4 is 0 Å². The molecule has 0 bridgehead atoms. The van der Waals surface area contributed by atoms with Crippen molar-refractivity contribution in [3.05, 3.63) is 23.8 Å². The molecule has 31 heavy (non-hydrogen) atoms. The molecule has 0 spiro atoms. The molecule has 3 N–H and O–H groups in total. The highest BCUT2D eigenvalue weighted by Crippen LogP contribution is 2.67. The summed E-state index contributed by atoms with van der Waals surface area (Å²) in [5.41, 5.74) is 2.81. The average molecular weight is 431 g/mol. The van der Waals surface area contributed by atoms with E-state index < -0.39 is 6.10 Å². The Kier molecular flexibility index (Phi) is 6.29. The average Bonchev–Trinajstić information content (AvgIpc) is 2.97. The van der Waals surface area contributed by atoms with E-state index in [2.05, 4.69) is 47.3 Å². The van der Waals surface area contributed by atoms with E-state index >= 15 is 0 Å². The molecular formula is C28H46O3. The van der Waals surface area contributed by atoms with E-state index in [1.807, 2.05) is 0 Å². The Morgan fingerprint density at radius 3 is 2.48 bits per heavy atom.